The molecule has 0 radical (unpaired) electrons. The van der Waals surface area contributed by atoms with Crippen LogP contribution in [0, 0.1) is 0 Å². The van der Waals surface area contributed by atoms with Crippen LogP contribution in [0.25, 0.3) is 0 Å². The van der Waals surface area contributed by atoms with Gasteiger partial charge < -0.3 is 5.11 Å². The topological polar surface area (TPSA) is 37.3 Å². The fourth-order valence-electron chi connectivity index (χ4n) is 4.11. The second-order valence-corrected chi connectivity index (χ2v) is 9.26. The summed E-state index contributed by atoms with van der Waals surface area (Å²) in [5.74, 6) is -0.654. The SMILES string of the molecule is CCCCCCCCCCCCC/C=C\CCCCCCCCCCCCC(=O)O. The summed E-state index contributed by atoms with van der Waals surface area (Å²) in [6.45, 7) is 2.29. The van der Waals surface area contributed by atoms with Crippen molar-refractivity contribution in [1.29, 1.82) is 0 Å². The molecule has 0 aliphatic rings. The second-order valence-electron chi connectivity index (χ2n) is 9.26. The van der Waals surface area contributed by atoms with Crippen molar-refractivity contribution in [2.24, 2.45) is 0 Å². The molecule has 0 saturated carbocycles. The van der Waals surface area contributed by atoms with E-state index in [2.05, 4.69) is 19.1 Å². The zero-order valence-electron chi connectivity index (χ0n) is 20.5. The number of aliphatic carboxylic acids is 1. The molecule has 0 aromatic heterocycles. The first-order chi connectivity index (χ1) is 14.8. The van der Waals surface area contributed by atoms with Gasteiger partial charge in [-0.15, -0.1) is 0 Å². The molecule has 0 bridgehead atoms. The zero-order chi connectivity index (χ0) is 22.0. The van der Waals surface area contributed by atoms with Gasteiger partial charge in [0.25, 0.3) is 0 Å². The van der Waals surface area contributed by atoms with Gasteiger partial charge in [0.1, 0.15) is 0 Å². The minimum atomic E-state index is -0.654. The summed E-state index contributed by atoms with van der Waals surface area (Å²) in [5, 5.41) is 8.59. The smallest absolute Gasteiger partial charge is 0.303 e. The molecule has 0 fully saturated rings. The standard InChI is InChI=1S/C28H54O2/c1-2-3-4-5-6-7-8-9-10-11-12-13-14-15-16-17-18-19-20-21-22-23-24-25-26-27-28(29)30/h14-15H,2-13,16-27H2,1H3,(H,29,30)/b15-14-. The molecule has 0 rings (SSSR count). The molecule has 1 N–H and O–H groups in total. The van der Waals surface area contributed by atoms with Crippen molar-refractivity contribution in [3.8, 4) is 0 Å². The van der Waals surface area contributed by atoms with Gasteiger partial charge >= 0.3 is 5.97 Å². The van der Waals surface area contributed by atoms with Crippen LogP contribution in [0.2, 0.25) is 0 Å². The second kappa shape index (κ2) is 26.2. The average molecular weight is 423 g/mol. The Kier molecular flexibility index (Phi) is 25.6. The summed E-state index contributed by atoms with van der Waals surface area (Å²) >= 11 is 0. The summed E-state index contributed by atoms with van der Waals surface area (Å²) in [6, 6.07) is 0. The van der Waals surface area contributed by atoms with E-state index < -0.39 is 5.97 Å². The summed E-state index contributed by atoms with van der Waals surface area (Å²) in [6.07, 6.45) is 36.0. The predicted octanol–water partition coefficient (Wildman–Crippen LogP) is 10.0. The number of unbranched alkanes of at least 4 members (excludes halogenated alkanes) is 21. The molecule has 0 atom stereocenters. The molecule has 0 spiro atoms. The monoisotopic (exact) mass is 422 g/mol. The van der Waals surface area contributed by atoms with E-state index in [4.69, 9.17) is 5.11 Å². The van der Waals surface area contributed by atoms with Gasteiger partial charge in [0.15, 0.2) is 0 Å². The Morgan fingerprint density at radius 2 is 0.800 bits per heavy atom. The fraction of sp³-hybridized carbons (Fsp3) is 0.893. The van der Waals surface area contributed by atoms with Crippen molar-refractivity contribution in [3.05, 3.63) is 12.2 Å². The molecule has 0 aliphatic carbocycles. The Morgan fingerprint density at radius 1 is 0.500 bits per heavy atom. The Balaban J connectivity index is 3.08. The maximum absolute atomic E-state index is 10.4. The van der Waals surface area contributed by atoms with Gasteiger partial charge in [-0.2, -0.15) is 0 Å². The van der Waals surface area contributed by atoms with Crippen molar-refractivity contribution in [2.45, 2.75) is 161 Å². The van der Waals surface area contributed by atoms with E-state index in [0.717, 1.165) is 12.8 Å². The van der Waals surface area contributed by atoms with Crippen LogP contribution in [-0.4, -0.2) is 11.1 Å². The van der Waals surface area contributed by atoms with E-state index in [1.807, 2.05) is 0 Å². The molecule has 0 aliphatic heterocycles. The number of hydrogen-bond donors (Lipinski definition) is 1. The Labute approximate surface area is 189 Å². The largest absolute Gasteiger partial charge is 0.481 e. The van der Waals surface area contributed by atoms with Gasteiger partial charge in [0.05, 0.1) is 0 Å². The van der Waals surface area contributed by atoms with Gasteiger partial charge in [0, 0.05) is 6.42 Å². The van der Waals surface area contributed by atoms with Gasteiger partial charge in [-0.3, -0.25) is 4.79 Å². The number of rotatable bonds is 25. The third-order valence-corrected chi connectivity index (χ3v) is 6.15. The molecule has 0 saturated heterocycles. The third kappa shape index (κ3) is 27.2. The van der Waals surface area contributed by atoms with Gasteiger partial charge in [-0.05, 0) is 32.1 Å². The highest BCUT2D eigenvalue weighted by atomic mass is 16.4. The van der Waals surface area contributed by atoms with Crippen LogP contribution >= 0.6 is 0 Å². The molecule has 2 heteroatoms. The molecular weight excluding hydrogens is 368 g/mol. The van der Waals surface area contributed by atoms with Crippen molar-refractivity contribution in [2.75, 3.05) is 0 Å². The van der Waals surface area contributed by atoms with Crippen LogP contribution in [-0.2, 0) is 4.79 Å². The zero-order valence-corrected chi connectivity index (χ0v) is 20.5. The Hall–Kier alpha value is -0.790. The summed E-state index contributed by atoms with van der Waals surface area (Å²) in [4.78, 5) is 10.4. The van der Waals surface area contributed by atoms with Crippen LogP contribution in [0.4, 0.5) is 0 Å². The highest BCUT2D eigenvalue weighted by molar-refractivity contribution is 5.66. The van der Waals surface area contributed by atoms with Crippen molar-refractivity contribution < 1.29 is 9.90 Å². The molecule has 0 aromatic rings. The molecular formula is C28H54O2. The van der Waals surface area contributed by atoms with Crippen LogP contribution in [0.3, 0.4) is 0 Å². The summed E-state index contributed by atoms with van der Waals surface area (Å²) in [5.41, 5.74) is 0. The highest BCUT2D eigenvalue weighted by Crippen LogP contribution is 2.13. The van der Waals surface area contributed by atoms with Gasteiger partial charge in [-0.25, -0.2) is 0 Å². The van der Waals surface area contributed by atoms with Crippen molar-refractivity contribution in [3.63, 3.8) is 0 Å². The molecule has 0 heterocycles. The fourth-order valence-corrected chi connectivity index (χ4v) is 4.11. The summed E-state index contributed by atoms with van der Waals surface area (Å²) in [7, 11) is 0. The number of carbonyl (C=O) groups is 1. The lowest BCUT2D eigenvalue weighted by Gasteiger charge is -2.02. The number of hydrogen-bond acceptors (Lipinski definition) is 1. The Bertz CT molecular complexity index is 362. The first-order valence-electron chi connectivity index (χ1n) is 13.6. The van der Waals surface area contributed by atoms with Crippen molar-refractivity contribution in [1.82, 2.24) is 0 Å². The molecule has 178 valence electrons. The summed E-state index contributed by atoms with van der Waals surface area (Å²) < 4.78 is 0. The number of carboxylic acids is 1. The highest BCUT2D eigenvalue weighted by Gasteiger charge is 1.97. The number of carboxylic acid groups (broad SMARTS) is 1. The van der Waals surface area contributed by atoms with E-state index in [0.29, 0.717) is 6.42 Å². The normalized spacial score (nSPS) is 11.5. The average Bonchev–Trinajstić information content (AvgIpc) is 2.73. The first kappa shape index (κ1) is 29.2. The maximum Gasteiger partial charge on any atom is 0.303 e. The Morgan fingerprint density at radius 3 is 1.13 bits per heavy atom. The first-order valence-corrected chi connectivity index (χ1v) is 13.6. The molecule has 0 unspecified atom stereocenters. The van der Waals surface area contributed by atoms with Gasteiger partial charge in [0.2, 0.25) is 0 Å². The predicted molar refractivity (Wildman–Crippen MR) is 133 cm³/mol. The van der Waals surface area contributed by atoms with Crippen LogP contribution < -0.4 is 0 Å². The van der Waals surface area contributed by atoms with E-state index in [1.165, 1.54) is 135 Å². The molecule has 0 amide bonds. The van der Waals surface area contributed by atoms with E-state index >= 15 is 0 Å². The molecule has 2 nitrogen and oxygen atoms in total. The molecule has 30 heavy (non-hydrogen) atoms. The van der Waals surface area contributed by atoms with Crippen LogP contribution in [0.5, 0.6) is 0 Å². The maximum atomic E-state index is 10.4. The van der Waals surface area contributed by atoms with E-state index in [-0.39, 0.29) is 0 Å². The minimum Gasteiger partial charge on any atom is -0.481 e. The van der Waals surface area contributed by atoms with Crippen LogP contribution in [0.1, 0.15) is 161 Å². The lowest BCUT2D eigenvalue weighted by atomic mass is 10.0. The lowest BCUT2D eigenvalue weighted by molar-refractivity contribution is -0.137. The quantitative estimate of drug-likeness (QED) is 0.117. The minimum absolute atomic E-state index is 0.341. The molecule has 0 aromatic carbocycles. The lowest BCUT2D eigenvalue weighted by Crippen LogP contribution is -1.93. The van der Waals surface area contributed by atoms with Crippen LogP contribution in [0.15, 0.2) is 12.2 Å². The van der Waals surface area contributed by atoms with E-state index in [1.54, 1.807) is 0 Å². The third-order valence-electron chi connectivity index (χ3n) is 6.15. The van der Waals surface area contributed by atoms with E-state index in [9.17, 15) is 4.79 Å². The number of allylic oxidation sites excluding steroid dienone is 2. The van der Waals surface area contributed by atoms with Gasteiger partial charge in [-0.1, -0.05) is 135 Å². The van der Waals surface area contributed by atoms with Crippen molar-refractivity contribution >= 4 is 5.97 Å².